The van der Waals surface area contributed by atoms with Crippen LogP contribution in [0.25, 0.3) is 0 Å². The van der Waals surface area contributed by atoms with Gasteiger partial charge in [-0.05, 0) is 68.1 Å². The number of aryl methyl sites for hydroxylation is 4. The quantitative estimate of drug-likeness (QED) is 0.934. The number of ether oxygens (including phenoxy) is 1. The molecule has 0 saturated carbocycles. The number of hydrogen-bond donors (Lipinski definition) is 1. The summed E-state index contributed by atoms with van der Waals surface area (Å²) in [7, 11) is -2.15. The van der Waals surface area contributed by atoms with Gasteiger partial charge in [-0.3, -0.25) is 4.72 Å². The summed E-state index contributed by atoms with van der Waals surface area (Å²) >= 11 is 0. The lowest BCUT2D eigenvalue weighted by atomic mass is 10.1. The molecule has 0 aliphatic carbocycles. The van der Waals surface area contributed by atoms with Gasteiger partial charge in [0, 0.05) is 0 Å². The Morgan fingerprint density at radius 3 is 2.18 bits per heavy atom. The molecule has 4 nitrogen and oxygen atoms in total. The molecule has 22 heavy (non-hydrogen) atoms. The highest BCUT2D eigenvalue weighted by Gasteiger charge is 2.19. The molecule has 0 atom stereocenters. The molecule has 0 amide bonds. The first-order valence-electron chi connectivity index (χ1n) is 7.00. The lowest BCUT2D eigenvalue weighted by Gasteiger charge is -2.15. The largest absolute Gasteiger partial charge is 0.495 e. The Labute approximate surface area is 132 Å². The number of methoxy groups -OCH3 is 1. The van der Waals surface area contributed by atoms with Crippen LogP contribution in [0.15, 0.2) is 35.2 Å². The number of nitrogens with one attached hydrogen (secondary N) is 1. The van der Waals surface area contributed by atoms with Crippen molar-refractivity contribution < 1.29 is 13.2 Å². The summed E-state index contributed by atoms with van der Waals surface area (Å²) < 4.78 is 33.3. The SMILES string of the molecule is COc1ccc(C)cc1NS(=O)(=O)c1cc(C)c(C)cc1C. The average Bonchev–Trinajstić information content (AvgIpc) is 2.42. The molecule has 0 heterocycles. The topological polar surface area (TPSA) is 55.4 Å². The van der Waals surface area contributed by atoms with Gasteiger partial charge in [-0.15, -0.1) is 0 Å². The van der Waals surface area contributed by atoms with Crippen LogP contribution < -0.4 is 9.46 Å². The minimum Gasteiger partial charge on any atom is -0.495 e. The Hall–Kier alpha value is -2.01. The third-order valence-corrected chi connectivity index (χ3v) is 5.19. The van der Waals surface area contributed by atoms with Crippen molar-refractivity contribution in [3.05, 3.63) is 52.6 Å². The van der Waals surface area contributed by atoms with Crippen molar-refractivity contribution in [1.29, 1.82) is 0 Å². The summed E-state index contributed by atoms with van der Waals surface area (Å²) in [6.45, 7) is 7.57. The molecule has 0 unspecified atom stereocenters. The van der Waals surface area contributed by atoms with Crippen molar-refractivity contribution in [3.63, 3.8) is 0 Å². The third-order valence-electron chi connectivity index (χ3n) is 3.68. The van der Waals surface area contributed by atoms with E-state index in [0.29, 0.717) is 16.3 Å². The molecule has 0 bridgehead atoms. The van der Waals surface area contributed by atoms with Gasteiger partial charge in [0.15, 0.2) is 0 Å². The molecule has 0 aliphatic heterocycles. The number of benzene rings is 2. The molecule has 0 aromatic heterocycles. The van der Waals surface area contributed by atoms with E-state index in [-0.39, 0.29) is 0 Å². The van der Waals surface area contributed by atoms with Crippen molar-refractivity contribution >= 4 is 15.7 Å². The number of sulfonamides is 1. The Bertz CT molecular complexity index is 811. The summed E-state index contributed by atoms with van der Waals surface area (Å²) in [4.78, 5) is 0.291. The molecule has 2 rings (SSSR count). The molecule has 0 aliphatic rings. The predicted octanol–water partition coefficient (Wildman–Crippen LogP) is 3.73. The summed E-state index contributed by atoms with van der Waals surface area (Å²) in [5.74, 6) is 0.496. The zero-order valence-electron chi connectivity index (χ0n) is 13.5. The monoisotopic (exact) mass is 319 g/mol. The molecule has 0 saturated heterocycles. The van der Waals surface area contributed by atoms with Crippen LogP contribution in [0.4, 0.5) is 5.69 Å². The van der Waals surface area contributed by atoms with Crippen LogP contribution in [-0.4, -0.2) is 15.5 Å². The fraction of sp³-hybridized carbons (Fsp3) is 0.294. The number of rotatable bonds is 4. The van der Waals surface area contributed by atoms with Gasteiger partial charge < -0.3 is 4.74 Å². The minimum absolute atomic E-state index is 0.291. The van der Waals surface area contributed by atoms with Crippen molar-refractivity contribution in [2.24, 2.45) is 0 Å². The summed E-state index contributed by atoms with van der Waals surface area (Å²) in [5.41, 5.74) is 4.14. The van der Waals surface area contributed by atoms with Gasteiger partial charge in [-0.25, -0.2) is 8.42 Å². The first-order chi connectivity index (χ1) is 10.2. The van der Waals surface area contributed by atoms with Crippen LogP contribution in [0.2, 0.25) is 0 Å². The first-order valence-corrected chi connectivity index (χ1v) is 8.48. The van der Waals surface area contributed by atoms with Crippen LogP contribution in [0.5, 0.6) is 5.75 Å². The van der Waals surface area contributed by atoms with Gasteiger partial charge in [0.1, 0.15) is 5.75 Å². The zero-order chi connectivity index (χ0) is 16.5. The zero-order valence-corrected chi connectivity index (χ0v) is 14.3. The molecule has 1 N–H and O–H groups in total. The Kier molecular flexibility index (Phi) is 4.47. The minimum atomic E-state index is -3.66. The van der Waals surface area contributed by atoms with Crippen molar-refractivity contribution in [2.45, 2.75) is 32.6 Å². The van der Waals surface area contributed by atoms with Crippen LogP contribution in [0.1, 0.15) is 22.3 Å². The summed E-state index contributed by atoms with van der Waals surface area (Å²) in [6.07, 6.45) is 0. The fourth-order valence-electron chi connectivity index (χ4n) is 2.32. The second-order valence-corrected chi connectivity index (χ2v) is 7.16. The van der Waals surface area contributed by atoms with E-state index in [1.54, 1.807) is 25.1 Å². The van der Waals surface area contributed by atoms with Gasteiger partial charge in [-0.1, -0.05) is 12.1 Å². The number of hydrogen-bond acceptors (Lipinski definition) is 3. The standard InChI is InChI=1S/C17H21NO3S/c1-11-6-7-16(21-5)15(8-11)18-22(19,20)17-10-13(3)12(2)9-14(17)4/h6-10,18H,1-5H3. The van der Waals surface area contributed by atoms with Crippen LogP contribution in [-0.2, 0) is 10.0 Å². The van der Waals surface area contributed by atoms with E-state index in [1.165, 1.54) is 7.11 Å². The summed E-state index contributed by atoms with van der Waals surface area (Å²) in [5, 5.41) is 0. The second-order valence-electron chi connectivity index (χ2n) is 5.51. The Morgan fingerprint density at radius 1 is 0.909 bits per heavy atom. The van der Waals surface area contributed by atoms with E-state index in [0.717, 1.165) is 22.3 Å². The fourth-order valence-corrected chi connectivity index (χ4v) is 3.70. The van der Waals surface area contributed by atoms with E-state index in [2.05, 4.69) is 4.72 Å². The van der Waals surface area contributed by atoms with E-state index in [4.69, 9.17) is 4.74 Å². The Balaban J connectivity index is 2.49. The highest BCUT2D eigenvalue weighted by Crippen LogP contribution is 2.29. The maximum Gasteiger partial charge on any atom is 0.262 e. The maximum absolute atomic E-state index is 12.7. The van der Waals surface area contributed by atoms with Gasteiger partial charge in [0.05, 0.1) is 17.7 Å². The van der Waals surface area contributed by atoms with E-state index < -0.39 is 10.0 Å². The number of anilines is 1. The molecule has 118 valence electrons. The van der Waals surface area contributed by atoms with Crippen molar-refractivity contribution in [2.75, 3.05) is 11.8 Å². The molecule has 5 heteroatoms. The molecule has 2 aromatic carbocycles. The average molecular weight is 319 g/mol. The van der Waals surface area contributed by atoms with E-state index in [1.807, 2.05) is 32.9 Å². The molecular formula is C17H21NO3S. The van der Waals surface area contributed by atoms with Crippen LogP contribution in [0, 0.1) is 27.7 Å². The van der Waals surface area contributed by atoms with Gasteiger partial charge in [0.25, 0.3) is 10.0 Å². The molecule has 0 radical (unpaired) electrons. The third kappa shape index (κ3) is 3.25. The first kappa shape index (κ1) is 16.4. The lowest BCUT2D eigenvalue weighted by Crippen LogP contribution is -2.15. The smallest absolute Gasteiger partial charge is 0.262 e. The summed E-state index contributed by atoms with van der Waals surface area (Å²) in [6, 6.07) is 8.97. The molecule has 0 fully saturated rings. The molecular weight excluding hydrogens is 298 g/mol. The van der Waals surface area contributed by atoms with E-state index >= 15 is 0 Å². The van der Waals surface area contributed by atoms with Crippen molar-refractivity contribution in [3.8, 4) is 5.75 Å². The maximum atomic E-state index is 12.7. The van der Waals surface area contributed by atoms with Gasteiger partial charge in [0.2, 0.25) is 0 Å². The van der Waals surface area contributed by atoms with Crippen LogP contribution >= 0.6 is 0 Å². The van der Waals surface area contributed by atoms with E-state index in [9.17, 15) is 8.42 Å². The highest BCUT2D eigenvalue weighted by molar-refractivity contribution is 7.92. The second kappa shape index (κ2) is 6.01. The van der Waals surface area contributed by atoms with Crippen molar-refractivity contribution in [1.82, 2.24) is 0 Å². The van der Waals surface area contributed by atoms with Gasteiger partial charge >= 0.3 is 0 Å². The predicted molar refractivity (Wildman–Crippen MR) is 89.2 cm³/mol. The van der Waals surface area contributed by atoms with Gasteiger partial charge in [-0.2, -0.15) is 0 Å². The molecule has 2 aromatic rings. The Morgan fingerprint density at radius 2 is 1.55 bits per heavy atom. The molecule has 0 spiro atoms. The van der Waals surface area contributed by atoms with Crippen LogP contribution in [0.3, 0.4) is 0 Å². The highest BCUT2D eigenvalue weighted by atomic mass is 32.2. The normalized spacial score (nSPS) is 11.3. The lowest BCUT2D eigenvalue weighted by molar-refractivity contribution is 0.417.